The van der Waals surface area contributed by atoms with Gasteiger partial charge in [0.2, 0.25) is 0 Å². The van der Waals surface area contributed by atoms with Crippen LogP contribution in [0.1, 0.15) is 37.5 Å². The second-order valence-corrected chi connectivity index (χ2v) is 10.0. The van der Waals surface area contributed by atoms with Crippen LogP contribution in [0.3, 0.4) is 0 Å². The normalized spacial score (nSPS) is 12.6. The van der Waals surface area contributed by atoms with E-state index in [2.05, 4.69) is 77.9 Å². The van der Waals surface area contributed by atoms with Crippen LogP contribution in [0.2, 0.25) is 0 Å². The molecule has 7 nitrogen and oxygen atoms in total. The molecule has 4 aromatic rings. The van der Waals surface area contributed by atoms with Gasteiger partial charge in [-0.3, -0.25) is 9.97 Å². The van der Waals surface area contributed by atoms with Crippen molar-refractivity contribution in [2.24, 2.45) is 0 Å². The number of hydrogen-bond acceptors (Lipinski definition) is 7. The van der Waals surface area contributed by atoms with E-state index in [1.165, 1.54) is 18.1 Å². The van der Waals surface area contributed by atoms with Crippen molar-refractivity contribution >= 4 is 17.1 Å². The van der Waals surface area contributed by atoms with E-state index in [9.17, 15) is 5.26 Å². The van der Waals surface area contributed by atoms with Crippen LogP contribution in [0.4, 0.5) is 17.1 Å². The number of nitriles is 2. The van der Waals surface area contributed by atoms with Crippen molar-refractivity contribution in [2.45, 2.75) is 26.2 Å². The van der Waals surface area contributed by atoms with Gasteiger partial charge < -0.3 is 14.5 Å². The summed E-state index contributed by atoms with van der Waals surface area (Å²) in [5.41, 5.74) is 6.27. The molecule has 0 saturated heterocycles. The monoisotopic (exact) mass is 486 g/mol. The summed E-state index contributed by atoms with van der Waals surface area (Å²) in [4.78, 5) is 13.2. The van der Waals surface area contributed by atoms with E-state index in [1.54, 1.807) is 18.2 Å². The molecule has 0 spiro atoms. The van der Waals surface area contributed by atoms with Gasteiger partial charge in [0.05, 0.1) is 35.0 Å². The van der Waals surface area contributed by atoms with Crippen molar-refractivity contribution in [1.29, 1.82) is 10.5 Å². The maximum Gasteiger partial charge on any atom is 0.148 e. The van der Waals surface area contributed by atoms with Crippen LogP contribution < -0.4 is 14.5 Å². The summed E-state index contributed by atoms with van der Waals surface area (Å²) in [6, 6.07) is 23.9. The van der Waals surface area contributed by atoms with Gasteiger partial charge in [-0.25, -0.2) is 0 Å². The third-order valence-electron chi connectivity index (χ3n) is 6.38. The number of para-hydroxylation sites is 2. The van der Waals surface area contributed by atoms with E-state index in [0.29, 0.717) is 34.0 Å². The van der Waals surface area contributed by atoms with Crippen LogP contribution in [0.25, 0.3) is 11.4 Å². The van der Waals surface area contributed by atoms with E-state index in [1.807, 2.05) is 24.3 Å². The lowest BCUT2D eigenvalue weighted by Crippen LogP contribution is -2.24. The highest BCUT2D eigenvalue weighted by atomic mass is 16.5. The number of rotatable bonds is 4. The summed E-state index contributed by atoms with van der Waals surface area (Å²) in [5.74, 6) is 1.03. The van der Waals surface area contributed by atoms with Gasteiger partial charge in [0.1, 0.15) is 29.2 Å². The minimum atomic E-state index is -0.118. The van der Waals surface area contributed by atoms with E-state index >= 15 is 0 Å². The molecule has 0 fully saturated rings. The molecule has 0 N–H and O–H groups in total. The molecule has 0 atom stereocenters. The number of pyridine rings is 2. The maximum absolute atomic E-state index is 9.74. The Bertz CT molecular complexity index is 1560. The highest BCUT2D eigenvalue weighted by Crippen LogP contribution is 2.42. The molecular formula is C30H26N6O. The van der Waals surface area contributed by atoms with Crippen LogP contribution in [0.15, 0.2) is 73.1 Å². The Hall–Kier alpha value is -4.88. The molecule has 2 aromatic heterocycles. The van der Waals surface area contributed by atoms with E-state index in [-0.39, 0.29) is 5.41 Å². The fourth-order valence-electron chi connectivity index (χ4n) is 4.32. The van der Waals surface area contributed by atoms with Gasteiger partial charge in [0, 0.05) is 37.3 Å². The van der Waals surface area contributed by atoms with Gasteiger partial charge >= 0.3 is 0 Å². The number of fused-ring (bicyclic) bond motifs is 1. The average Bonchev–Trinajstić information content (AvgIpc) is 3.24. The van der Waals surface area contributed by atoms with Crippen LogP contribution in [-0.2, 0) is 5.41 Å². The molecule has 0 bridgehead atoms. The van der Waals surface area contributed by atoms with Crippen molar-refractivity contribution in [2.75, 3.05) is 23.5 Å². The van der Waals surface area contributed by atoms with Crippen LogP contribution in [0, 0.1) is 22.7 Å². The summed E-state index contributed by atoms with van der Waals surface area (Å²) in [5, 5.41) is 18.8. The SMILES string of the molecule is CN1CN(c2cc(Oc3cc(-c4ccc(C#N)cn4)ncc3C#N)cc(C(C)(C)C)c2)c2ccccc21. The molecule has 3 heterocycles. The number of hydrogen-bond donors (Lipinski definition) is 0. The van der Waals surface area contributed by atoms with Crippen LogP contribution in [-0.4, -0.2) is 23.7 Å². The number of benzene rings is 2. The Kier molecular flexibility index (Phi) is 5.99. The topological polar surface area (TPSA) is 89.1 Å². The summed E-state index contributed by atoms with van der Waals surface area (Å²) >= 11 is 0. The Labute approximate surface area is 216 Å². The number of ether oxygens (including phenoxy) is 1. The Morgan fingerprint density at radius 3 is 2.30 bits per heavy atom. The molecule has 37 heavy (non-hydrogen) atoms. The van der Waals surface area contributed by atoms with Crippen molar-refractivity contribution in [3.8, 4) is 35.0 Å². The lowest BCUT2D eigenvalue weighted by molar-refractivity contribution is 0.476. The molecule has 0 aliphatic carbocycles. The zero-order valence-electron chi connectivity index (χ0n) is 21.2. The van der Waals surface area contributed by atoms with Crippen LogP contribution in [0.5, 0.6) is 11.5 Å². The fraction of sp³-hybridized carbons (Fsp3) is 0.200. The molecule has 1 aliphatic rings. The second-order valence-electron chi connectivity index (χ2n) is 10.0. The minimum Gasteiger partial charge on any atom is -0.456 e. The standard InChI is InChI=1S/C30H26N6O/c1-30(2,3)22-11-23(36-19-35(4)27-7-5-6-8-28(27)36)13-24(12-22)37-29-14-26(34-18-21(29)16-32)25-10-9-20(15-31)17-33-25/h5-14,17-18H,19H2,1-4H3. The first kappa shape index (κ1) is 23.8. The van der Waals surface area contributed by atoms with E-state index < -0.39 is 0 Å². The Morgan fingerprint density at radius 1 is 0.865 bits per heavy atom. The molecule has 0 saturated carbocycles. The van der Waals surface area contributed by atoms with Gasteiger partial charge in [-0.2, -0.15) is 10.5 Å². The summed E-state index contributed by atoms with van der Waals surface area (Å²) in [6.07, 6.45) is 2.99. The van der Waals surface area contributed by atoms with E-state index in [0.717, 1.165) is 23.6 Å². The average molecular weight is 487 g/mol. The first-order chi connectivity index (χ1) is 17.8. The van der Waals surface area contributed by atoms with Crippen molar-refractivity contribution in [3.63, 3.8) is 0 Å². The van der Waals surface area contributed by atoms with Gasteiger partial charge in [-0.05, 0) is 47.4 Å². The van der Waals surface area contributed by atoms with Gasteiger partial charge in [-0.1, -0.05) is 32.9 Å². The second kappa shape index (κ2) is 9.29. The largest absolute Gasteiger partial charge is 0.456 e. The van der Waals surface area contributed by atoms with E-state index in [4.69, 9.17) is 10.00 Å². The smallest absolute Gasteiger partial charge is 0.148 e. The molecule has 0 radical (unpaired) electrons. The third-order valence-corrected chi connectivity index (χ3v) is 6.38. The fourth-order valence-corrected chi connectivity index (χ4v) is 4.32. The van der Waals surface area contributed by atoms with Crippen molar-refractivity contribution < 1.29 is 4.74 Å². The maximum atomic E-state index is 9.74. The summed E-state index contributed by atoms with van der Waals surface area (Å²) in [7, 11) is 2.08. The zero-order valence-corrected chi connectivity index (χ0v) is 21.2. The molecule has 7 heteroatoms. The van der Waals surface area contributed by atoms with Crippen LogP contribution >= 0.6 is 0 Å². The third kappa shape index (κ3) is 4.68. The molecule has 182 valence electrons. The first-order valence-corrected chi connectivity index (χ1v) is 11.9. The number of anilines is 3. The lowest BCUT2D eigenvalue weighted by atomic mass is 9.86. The molecule has 0 unspecified atom stereocenters. The van der Waals surface area contributed by atoms with Crippen molar-refractivity contribution in [3.05, 3.63) is 89.7 Å². The zero-order chi connectivity index (χ0) is 26.2. The predicted molar refractivity (Wildman–Crippen MR) is 144 cm³/mol. The van der Waals surface area contributed by atoms with Gasteiger partial charge in [0.25, 0.3) is 0 Å². The highest BCUT2D eigenvalue weighted by molar-refractivity contribution is 5.82. The first-order valence-electron chi connectivity index (χ1n) is 11.9. The molecular weight excluding hydrogens is 460 g/mol. The number of aromatic nitrogens is 2. The molecule has 1 aliphatic heterocycles. The van der Waals surface area contributed by atoms with Gasteiger partial charge in [-0.15, -0.1) is 0 Å². The highest BCUT2D eigenvalue weighted by Gasteiger charge is 2.26. The molecule has 5 rings (SSSR count). The lowest BCUT2D eigenvalue weighted by Gasteiger charge is -2.25. The minimum absolute atomic E-state index is 0.118. The van der Waals surface area contributed by atoms with Crippen molar-refractivity contribution in [1.82, 2.24) is 9.97 Å². The van der Waals surface area contributed by atoms with Gasteiger partial charge in [0.15, 0.2) is 0 Å². The summed E-state index contributed by atoms with van der Waals surface area (Å²) < 4.78 is 6.38. The Morgan fingerprint density at radius 2 is 1.62 bits per heavy atom. The quantitative estimate of drug-likeness (QED) is 0.324. The predicted octanol–water partition coefficient (Wildman–Crippen LogP) is 6.52. The molecule has 0 amide bonds. The Balaban J connectivity index is 1.56. The molecule has 2 aromatic carbocycles. The number of nitrogens with zero attached hydrogens (tertiary/aromatic N) is 6. The summed E-state index contributed by atoms with van der Waals surface area (Å²) in [6.45, 7) is 7.23.